The highest BCUT2D eigenvalue weighted by Gasteiger charge is 2.13. The summed E-state index contributed by atoms with van der Waals surface area (Å²) in [7, 11) is 0. The van der Waals surface area contributed by atoms with Gasteiger partial charge < -0.3 is 9.47 Å². The minimum atomic E-state index is -0.308. The second kappa shape index (κ2) is 23.1. The highest BCUT2D eigenvalue weighted by atomic mass is 16.5. The van der Waals surface area contributed by atoms with Gasteiger partial charge in [0.15, 0.2) is 0 Å². The predicted octanol–water partition coefficient (Wildman–Crippen LogP) is 8.55. The molecule has 0 spiro atoms. The Balaban J connectivity index is 3.31. The third-order valence-electron chi connectivity index (χ3n) is 5.93. The third kappa shape index (κ3) is 23.6. The van der Waals surface area contributed by atoms with Gasteiger partial charge in [-0.2, -0.15) is 0 Å². The third-order valence-corrected chi connectivity index (χ3v) is 5.93. The summed E-state index contributed by atoms with van der Waals surface area (Å²) in [5.74, 6) is -0.112. The molecule has 0 aliphatic rings. The number of ether oxygens (including phenoxy) is 2. The van der Waals surface area contributed by atoms with E-state index in [-0.39, 0.29) is 30.9 Å². The molecular weight excluding hydrogens is 400 g/mol. The SMILES string of the molecule is CCCCCCCCCCCCCCCCCCOC(=O)CCC(=O)OC(C)CC(C)C. The average Bonchev–Trinajstić information content (AvgIpc) is 2.73. The first kappa shape index (κ1) is 30.9. The molecule has 32 heavy (non-hydrogen) atoms. The summed E-state index contributed by atoms with van der Waals surface area (Å²) < 4.78 is 10.5. The number of carbonyl (C=O) groups excluding carboxylic acids is 2. The van der Waals surface area contributed by atoms with Crippen molar-refractivity contribution in [2.24, 2.45) is 5.92 Å². The fourth-order valence-corrected chi connectivity index (χ4v) is 4.11. The number of rotatable bonds is 23. The number of hydrogen-bond acceptors (Lipinski definition) is 4. The van der Waals surface area contributed by atoms with Gasteiger partial charge in [-0.15, -0.1) is 0 Å². The summed E-state index contributed by atoms with van der Waals surface area (Å²) in [4.78, 5) is 23.5. The van der Waals surface area contributed by atoms with Gasteiger partial charge in [-0.1, -0.05) is 117 Å². The molecule has 1 unspecified atom stereocenters. The minimum Gasteiger partial charge on any atom is -0.466 e. The largest absolute Gasteiger partial charge is 0.466 e. The zero-order valence-electron chi connectivity index (χ0n) is 21.9. The van der Waals surface area contributed by atoms with Crippen molar-refractivity contribution in [3.63, 3.8) is 0 Å². The lowest BCUT2D eigenvalue weighted by Crippen LogP contribution is -2.18. The van der Waals surface area contributed by atoms with Gasteiger partial charge in [-0.05, 0) is 25.7 Å². The molecule has 0 aromatic rings. The van der Waals surface area contributed by atoms with Gasteiger partial charge in [0.2, 0.25) is 0 Å². The van der Waals surface area contributed by atoms with Crippen molar-refractivity contribution in [2.45, 2.75) is 156 Å². The molecule has 0 bridgehead atoms. The molecule has 0 amide bonds. The lowest BCUT2D eigenvalue weighted by Gasteiger charge is -2.15. The zero-order valence-corrected chi connectivity index (χ0v) is 21.9. The van der Waals surface area contributed by atoms with E-state index in [9.17, 15) is 9.59 Å². The maximum absolute atomic E-state index is 11.7. The van der Waals surface area contributed by atoms with Crippen LogP contribution in [0.1, 0.15) is 150 Å². The van der Waals surface area contributed by atoms with E-state index < -0.39 is 0 Å². The van der Waals surface area contributed by atoms with Crippen molar-refractivity contribution in [1.82, 2.24) is 0 Å². The quantitative estimate of drug-likeness (QED) is 0.115. The fraction of sp³-hybridized carbons (Fsp3) is 0.929. The Labute approximate surface area is 199 Å². The van der Waals surface area contributed by atoms with Gasteiger partial charge in [0.1, 0.15) is 0 Å². The molecule has 4 nitrogen and oxygen atoms in total. The van der Waals surface area contributed by atoms with Crippen molar-refractivity contribution >= 4 is 11.9 Å². The highest BCUT2D eigenvalue weighted by Crippen LogP contribution is 2.14. The van der Waals surface area contributed by atoms with Crippen LogP contribution in [0.3, 0.4) is 0 Å². The van der Waals surface area contributed by atoms with Crippen LogP contribution < -0.4 is 0 Å². The molecule has 0 rings (SSSR count). The molecule has 0 aliphatic carbocycles. The van der Waals surface area contributed by atoms with Crippen LogP contribution in [0.5, 0.6) is 0 Å². The monoisotopic (exact) mass is 454 g/mol. The summed E-state index contributed by atoms with van der Waals surface area (Å²) in [6, 6.07) is 0. The van der Waals surface area contributed by atoms with Crippen molar-refractivity contribution in [3.8, 4) is 0 Å². The maximum atomic E-state index is 11.7. The predicted molar refractivity (Wildman–Crippen MR) is 135 cm³/mol. The smallest absolute Gasteiger partial charge is 0.306 e. The van der Waals surface area contributed by atoms with Gasteiger partial charge in [-0.25, -0.2) is 0 Å². The normalized spacial score (nSPS) is 12.2. The molecular formula is C28H54O4. The van der Waals surface area contributed by atoms with E-state index in [4.69, 9.17) is 9.47 Å². The Kier molecular flexibility index (Phi) is 22.3. The van der Waals surface area contributed by atoms with Gasteiger partial charge in [0.05, 0.1) is 25.6 Å². The zero-order chi connectivity index (χ0) is 23.9. The van der Waals surface area contributed by atoms with Crippen molar-refractivity contribution in [1.29, 1.82) is 0 Å². The Morgan fingerprint density at radius 3 is 1.44 bits per heavy atom. The van der Waals surface area contributed by atoms with Gasteiger partial charge in [-0.3, -0.25) is 9.59 Å². The van der Waals surface area contributed by atoms with Crippen LogP contribution in [0.2, 0.25) is 0 Å². The molecule has 0 N–H and O–H groups in total. The van der Waals surface area contributed by atoms with Gasteiger partial charge in [0.25, 0.3) is 0 Å². The minimum absolute atomic E-state index is 0.0939. The van der Waals surface area contributed by atoms with Crippen molar-refractivity contribution in [3.05, 3.63) is 0 Å². The molecule has 0 aromatic heterocycles. The molecule has 0 heterocycles. The van der Waals surface area contributed by atoms with E-state index in [0.29, 0.717) is 12.5 Å². The highest BCUT2D eigenvalue weighted by molar-refractivity contribution is 5.77. The number of esters is 2. The van der Waals surface area contributed by atoms with Crippen LogP contribution in [-0.2, 0) is 19.1 Å². The van der Waals surface area contributed by atoms with Crippen molar-refractivity contribution < 1.29 is 19.1 Å². The molecule has 190 valence electrons. The summed E-state index contributed by atoms with van der Waals surface area (Å²) in [6.45, 7) is 8.83. The lowest BCUT2D eigenvalue weighted by molar-refractivity contribution is -0.153. The Morgan fingerprint density at radius 1 is 0.594 bits per heavy atom. The molecule has 4 heteroatoms. The summed E-state index contributed by atoms with van der Waals surface area (Å²) in [5, 5.41) is 0. The van der Waals surface area contributed by atoms with Crippen molar-refractivity contribution in [2.75, 3.05) is 6.61 Å². The van der Waals surface area contributed by atoms with Crippen LogP contribution in [0, 0.1) is 5.92 Å². The van der Waals surface area contributed by atoms with Crippen LogP contribution in [0.4, 0.5) is 0 Å². The number of hydrogen-bond donors (Lipinski definition) is 0. The van der Waals surface area contributed by atoms with E-state index in [1.54, 1.807) is 0 Å². The molecule has 0 fully saturated rings. The van der Waals surface area contributed by atoms with E-state index >= 15 is 0 Å². The standard InChI is InChI=1S/C28H54O4/c1-5-6-7-8-9-10-11-12-13-14-15-16-17-18-19-20-23-31-27(29)21-22-28(30)32-26(4)24-25(2)3/h25-26H,5-24H2,1-4H3. The van der Waals surface area contributed by atoms with E-state index in [0.717, 1.165) is 19.3 Å². The molecule has 0 saturated carbocycles. The summed E-state index contributed by atoms with van der Waals surface area (Å²) in [5.41, 5.74) is 0. The van der Waals surface area contributed by atoms with Crippen LogP contribution in [0.25, 0.3) is 0 Å². The van der Waals surface area contributed by atoms with Gasteiger partial charge >= 0.3 is 11.9 Å². The topological polar surface area (TPSA) is 52.6 Å². The average molecular weight is 455 g/mol. The van der Waals surface area contributed by atoms with Crippen LogP contribution in [-0.4, -0.2) is 24.6 Å². The lowest BCUT2D eigenvalue weighted by atomic mass is 10.0. The van der Waals surface area contributed by atoms with Crippen LogP contribution in [0.15, 0.2) is 0 Å². The Bertz CT molecular complexity index is 433. The Hall–Kier alpha value is -1.06. The fourth-order valence-electron chi connectivity index (χ4n) is 4.11. The molecule has 0 radical (unpaired) electrons. The second-order valence-electron chi connectivity index (χ2n) is 9.95. The Morgan fingerprint density at radius 2 is 1.00 bits per heavy atom. The van der Waals surface area contributed by atoms with E-state index in [1.807, 2.05) is 6.92 Å². The van der Waals surface area contributed by atoms with E-state index in [1.165, 1.54) is 89.9 Å². The molecule has 0 aromatic carbocycles. The first-order valence-corrected chi connectivity index (χ1v) is 13.8. The van der Waals surface area contributed by atoms with E-state index in [2.05, 4.69) is 20.8 Å². The van der Waals surface area contributed by atoms with Crippen LogP contribution >= 0.6 is 0 Å². The number of unbranched alkanes of at least 4 members (excludes halogenated alkanes) is 15. The first-order valence-electron chi connectivity index (χ1n) is 13.8. The second-order valence-corrected chi connectivity index (χ2v) is 9.95. The summed E-state index contributed by atoms with van der Waals surface area (Å²) in [6.07, 6.45) is 22.3. The summed E-state index contributed by atoms with van der Waals surface area (Å²) >= 11 is 0. The molecule has 0 saturated heterocycles. The molecule has 0 aliphatic heterocycles. The van der Waals surface area contributed by atoms with Gasteiger partial charge in [0, 0.05) is 0 Å². The first-order chi connectivity index (χ1) is 15.5. The maximum Gasteiger partial charge on any atom is 0.306 e. The molecule has 1 atom stereocenters. The number of carbonyl (C=O) groups is 2.